The van der Waals surface area contributed by atoms with Gasteiger partial charge in [0, 0.05) is 25.4 Å². The quantitative estimate of drug-likeness (QED) is 0.606. The Balaban J connectivity index is 1.62. The molecule has 0 bridgehead atoms. The summed E-state index contributed by atoms with van der Waals surface area (Å²) >= 11 is 5.73. The molecule has 0 spiro atoms. The van der Waals surface area contributed by atoms with Crippen LogP contribution in [-0.4, -0.2) is 42.9 Å². The van der Waals surface area contributed by atoms with Crippen molar-refractivity contribution < 1.29 is 9.47 Å². The number of benzene rings is 1. The zero-order valence-corrected chi connectivity index (χ0v) is 15.8. The zero-order chi connectivity index (χ0) is 17.5. The Morgan fingerprint density at radius 2 is 2.08 bits per heavy atom. The smallest absolute Gasteiger partial charge is 0.173 e. The monoisotopic (exact) mass is 360 g/mol. The molecule has 1 aliphatic carbocycles. The maximum absolute atomic E-state index is 5.84. The largest absolute Gasteiger partial charge is 0.497 e. The van der Waals surface area contributed by atoms with E-state index in [-0.39, 0.29) is 0 Å². The van der Waals surface area contributed by atoms with Gasteiger partial charge in [0.1, 0.15) is 5.75 Å². The number of nitrogens with zero attached hydrogens (tertiary/aromatic N) is 1. The van der Waals surface area contributed by atoms with Crippen LogP contribution in [0.15, 0.2) is 36.4 Å². The average Bonchev–Trinajstić information content (AvgIpc) is 3.16. The lowest BCUT2D eigenvalue weighted by Crippen LogP contribution is -2.42. The molecular formula is C20H28N2O2S. The molecule has 1 heterocycles. The molecule has 5 heteroatoms. The minimum absolute atomic E-state index is 0.301. The molecule has 4 nitrogen and oxygen atoms in total. The molecule has 2 aliphatic rings. The van der Waals surface area contributed by atoms with Crippen molar-refractivity contribution in [3.05, 3.63) is 36.4 Å². The highest BCUT2D eigenvalue weighted by Crippen LogP contribution is 2.22. The first-order chi connectivity index (χ1) is 12.2. The van der Waals surface area contributed by atoms with Gasteiger partial charge in [-0.05, 0) is 74.5 Å². The Hall–Kier alpha value is -1.59. The standard InChI is InChI=1S/C20H28N2O2S/c1-23-18-11-9-17(10-12-18)21-20(25)22(15-19-8-5-13-24-19)14-16-6-3-2-4-7-16/h2-3,9-12,16,19H,4-8,13-15H2,1H3,(H,21,25). The molecule has 3 rings (SSSR count). The molecular weight excluding hydrogens is 332 g/mol. The highest BCUT2D eigenvalue weighted by Gasteiger charge is 2.23. The molecule has 1 saturated heterocycles. The lowest BCUT2D eigenvalue weighted by Gasteiger charge is -2.32. The van der Waals surface area contributed by atoms with Crippen LogP contribution in [0.25, 0.3) is 0 Å². The molecule has 1 aliphatic heterocycles. The molecule has 2 atom stereocenters. The molecule has 136 valence electrons. The summed E-state index contributed by atoms with van der Waals surface area (Å²) in [4.78, 5) is 2.30. The first kappa shape index (κ1) is 18.2. The Labute approximate surface area is 156 Å². The maximum atomic E-state index is 5.84. The van der Waals surface area contributed by atoms with Crippen molar-refractivity contribution >= 4 is 23.0 Å². The molecule has 1 N–H and O–H groups in total. The number of allylic oxidation sites excluding steroid dienone is 2. The van der Waals surface area contributed by atoms with Crippen LogP contribution in [0, 0.1) is 5.92 Å². The van der Waals surface area contributed by atoms with E-state index >= 15 is 0 Å². The highest BCUT2D eigenvalue weighted by molar-refractivity contribution is 7.80. The van der Waals surface area contributed by atoms with Crippen LogP contribution in [0.1, 0.15) is 32.1 Å². The first-order valence-electron chi connectivity index (χ1n) is 9.21. The molecule has 0 radical (unpaired) electrons. The van der Waals surface area contributed by atoms with Crippen LogP contribution in [-0.2, 0) is 4.74 Å². The van der Waals surface area contributed by atoms with Gasteiger partial charge in [0.25, 0.3) is 0 Å². The van der Waals surface area contributed by atoms with Gasteiger partial charge in [-0.1, -0.05) is 12.2 Å². The van der Waals surface area contributed by atoms with Gasteiger partial charge in [-0.2, -0.15) is 0 Å². The number of hydrogen-bond acceptors (Lipinski definition) is 3. The predicted molar refractivity (Wildman–Crippen MR) is 106 cm³/mol. The van der Waals surface area contributed by atoms with Gasteiger partial charge >= 0.3 is 0 Å². The molecule has 1 fully saturated rings. The van der Waals surface area contributed by atoms with E-state index in [1.807, 2.05) is 24.3 Å². The fraction of sp³-hybridized carbons (Fsp3) is 0.550. The van der Waals surface area contributed by atoms with Crippen LogP contribution >= 0.6 is 12.2 Å². The topological polar surface area (TPSA) is 33.7 Å². The fourth-order valence-corrected chi connectivity index (χ4v) is 3.75. The van der Waals surface area contributed by atoms with Crippen molar-refractivity contribution in [2.24, 2.45) is 5.92 Å². The van der Waals surface area contributed by atoms with Gasteiger partial charge < -0.3 is 19.7 Å². The number of anilines is 1. The van der Waals surface area contributed by atoms with Crippen molar-refractivity contribution in [1.82, 2.24) is 4.90 Å². The van der Waals surface area contributed by atoms with Gasteiger partial charge in [0.2, 0.25) is 0 Å². The van der Waals surface area contributed by atoms with Crippen LogP contribution in [0.2, 0.25) is 0 Å². The summed E-state index contributed by atoms with van der Waals surface area (Å²) in [6.45, 7) is 2.75. The molecule has 0 amide bonds. The van der Waals surface area contributed by atoms with Crippen molar-refractivity contribution in [2.45, 2.75) is 38.2 Å². The second-order valence-corrected chi connectivity index (χ2v) is 7.24. The summed E-state index contributed by atoms with van der Waals surface area (Å²) in [7, 11) is 1.68. The van der Waals surface area contributed by atoms with Gasteiger partial charge in [-0.3, -0.25) is 0 Å². The molecule has 0 aromatic heterocycles. The van der Waals surface area contributed by atoms with E-state index in [1.165, 1.54) is 12.8 Å². The third kappa shape index (κ3) is 5.44. The third-order valence-corrected chi connectivity index (χ3v) is 5.29. The summed E-state index contributed by atoms with van der Waals surface area (Å²) < 4.78 is 11.1. The SMILES string of the molecule is COc1ccc(NC(=S)N(CC2CC=CCC2)CC2CCCO2)cc1. The van der Waals surface area contributed by atoms with Crippen LogP contribution in [0.4, 0.5) is 5.69 Å². The van der Waals surface area contributed by atoms with Crippen LogP contribution in [0.5, 0.6) is 5.75 Å². The molecule has 2 unspecified atom stereocenters. The molecule has 25 heavy (non-hydrogen) atoms. The van der Waals surface area contributed by atoms with Crippen molar-refractivity contribution in [1.29, 1.82) is 0 Å². The molecule has 1 aromatic rings. The Morgan fingerprint density at radius 3 is 2.72 bits per heavy atom. The van der Waals surface area contributed by atoms with Gasteiger partial charge in [0.05, 0.1) is 13.2 Å². The fourth-order valence-electron chi connectivity index (χ4n) is 3.49. The summed E-state index contributed by atoms with van der Waals surface area (Å²) in [6, 6.07) is 7.89. The Morgan fingerprint density at radius 1 is 1.24 bits per heavy atom. The molecule has 0 saturated carbocycles. The number of thiocarbonyl (C=S) groups is 1. The number of methoxy groups -OCH3 is 1. The minimum Gasteiger partial charge on any atom is -0.497 e. The van der Waals surface area contributed by atoms with Gasteiger partial charge in [0.15, 0.2) is 5.11 Å². The lowest BCUT2D eigenvalue weighted by atomic mass is 9.94. The van der Waals surface area contributed by atoms with Crippen molar-refractivity contribution in [2.75, 3.05) is 32.1 Å². The second kappa shape index (κ2) is 9.20. The summed E-state index contributed by atoms with van der Waals surface area (Å²) in [6.07, 6.45) is 10.7. The average molecular weight is 361 g/mol. The normalized spacial score (nSPS) is 22.6. The van der Waals surface area contributed by atoms with E-state index in [1.54, 1.807) is 7.11 Å². The summed E-state index contributed by atoms with van der Waals surface area (Å²) in [5.41, 5.74) is 0.992. The Kier molecular flexibility index (Phi) is 6.70. The lowest BCUT2D eigenvalue weighted by molar-refractivity contribution is 0.0882. The third-order valence-electron chi connectivity index (χ3n) is 4.93. The van der Waals surface area contributed by atoms with E-state index in [2.05, 4.69) is 22.4 Å². The van der Waals surface area contributed by atoms with Crippen LogP contribution in [0.3, 0.4) is 0 Å². The Bertz CT molecular complexity index is 582. The number of nitrogens with one attached hydrogen (secondary N) is 1. The van der Waals surface area contributed by atoms with Crippen molar-refractivity contribution in [3.63, 3.8) is 0 Å². The number of ether oxygens (including phenoxy) is 2. The maximum Gasteiger partial charge on any atom is 0.173 e. The van der Waals surface area contributed by atoms with E-state index in [9.17, 15) is 0 Å². The van der Waals surface area contributed by atoms with E-state index < -0.39 is 0 Å². The van der Waals surface area contributed by atoms with Gasteiger partial charge in [-0.25, -0.2) is 0 Å². The first-order valence-corrected chi connectivity index (χ1v) is 9.62. The second-order valence-electron chi connectivity index (χ2n) is 6.85. The predicted octanol–water partition coefficient (Wildman–Crippen LogP) is 4.23. The van der Waals surface area contributed by atoms with E-state index in [0.29, 0.717) is 12.0 Å². The summed E-state index contributed by atoms with van der Waals surface area (Å²) in [5.74, 6) is 1.52. The van der Waals surface area contributed by atoms with Crippen LogP contribution < -0.4 is 10.1 Å². The number of hydrogen-bond donors (Lipinski definition) is 1. The zero-order valence-electron chi connectivity index (χ0n) is 14.9. The minimum atomic E-state index is 0.301. The van der Waals surface area contributed by atoms with Gasteiger partial charge in [-0.15, -0.1) is 0 Å². The number of rotatable bonds is 6. The van der Waals surface area contributed by atoms with Crippen molar-refractivity contribution in [3.8, 4) is 5.75 Å². The van der Waals surface area contributed by atoms with E-state index in [0.717, 1.165) is 55.5 Å². The molecule has 1 aromatic carbocycles. The van der Waals surface area contributed by atoms with E-state index in [4.69, 9.17) is 21.7 Å². The highest BCUT2D eigenvalue weighted by atomic mass is 32.1. The summed E-state index contributed by atoms with van der Waals surface area (Å²) in [5, 5.41) is 4.17.